The molecule has 6 nitrogen and oxygen atoms in total. The van der Waals surface area contributed by atoms with Crippen molar-refractivity contribution in [3.63, 3.8) is 0 Å². The molecule has 3 aromatic rings. The first-order chi connectivity index (χ1) is 12.6. The monoisotopic (exact) mass is 388 g/mol. The SMILES string of the molecule is COc1ccc(-c2n[nH]c(=S)n2CCC(=O)N[C@H](C)c2cccs2)cc1. The second-order valence-corrected chi connectivity index (χ2v) is 7.15. The van der Waals surface area contributed by atoms with E-state index in [0.29, 0.717) is 23.6 Å². The molecule has 0 saturated heterocycles. The van der Waals surface area contributed by atoms with E-state index >= 15 is 0 Å². The highest BCUT2D eigenvalue weighted by Crippen LogP contribution is 2.21. The van der Waals surface area contributed by atoms with Crippen molar-refractivity contribution in [2.45, 2.75) is 25.9 Å². The smallest absolute Gasteiger partial charge is 0.222 e. The molecule has 0 bridgehead atoms. The van der Waals surface area contributed by atoms with Crippen molar-refractivity contribution in [2.75, 3.05) is 7.11 Å². The lowest BCUT2D eigenvalue weighted by Crippen LogP contribution is -2.27. The Morgan fingerprint density at radius 3 is 2.81 bits per heavy atom. The maximum Gasteiger partial charge on any atom is 0.222 e. The van der Waals surface area contributed by atoms with Gasteiger partial charge in [-0.3, -0.25) is 14.5 Å². The first kappa shape index (κ1) is 18.3. The summed E-state index contributed by atoms with van der Waals surface area (Å²) in [5.74, 6) is 1.46. The van der Waals surface area contributed by atoms with Gasteiger partial charge < -0.3 is 10.1 Å². The largest absolute Gasteiger partial charge is 0.497 e. The predicted octanol–water partition coefficient (Wildman–Crippen LogP) is 3.95. The number of H-pyrrole nitrogens is 1. The predicted molar refractivity (Wildman–Crippen MR) is 105 cm³/mol. The van der Waals surface area contributed by atoms with Gasteiger partial charge in [0.1, 0.15) is 5.75 Å². The number of aromatic nitrogens is 3. The van der Waals surface area contributed by atoms with Crippen LogP contribution in [0.4, 0.5) is 0 Å². The van der Waals surface area contributed by atoms with E-state index < -0.39 is 0 Å². The summed E-state index contributed by atoms with van der Waals surface area (Å²) in [4.78, 5) is 13.4. The molecule has 2 heterocycles. The maximum atomic E-state index is 12.3. The lowest BCUT2D eigenvalue weighted by atomic mass is 10.2. The molecule has 136 valence electrons. The minimum absolute atomic E-state index is 0.000815. The van der Waals surface area contributed by atoms with Crippen LogP contribution >= 0.6 is 23.6 Å². The molecule has 0 spiro atoms. The minimum Gasteiger partial charge on any atom is -0.497 e. The molecule has 1 aromatic carbocycles. The topological polar surface area (TPSA) is 71.9 Å². The fraction of sp³-hybridized carbons (Fsp3) is 0.278. The van der Waals surface area contributed by atoms with Crippen LogP contribution < -0.4 is 10.1 Å². The summed E-state index contributed by atoms with van der Waals surface area (Å²) >= 11 is 6.95. The fourth-order valence-electron chi connectivity index (χ4n) is 2.62. The second-order valence-electron chi connectivity index (χ2n) is 5.79. The van der Waals surface area contributed by atoms with Gasteiger partial charge in [-0.1, -0.05) is 6.07 Å². The van der Waals surface area contributed by atoms with E-state index in [1.165, 1.54) is 0 Å². The molecule has 0 unspecified atom stereocenters. The number of nitrogens with zero attached hydrogens (tertiary/aromatic N) is 2. The zero-order valence-electron chi connectivity index (χ0n) is 14.6. The van der Waals surface area contributed by atoms with Crippen molar-refractivity contribution in [3.05, 3.63) is 51.4 Å². The average Bonchev–Trinajstić information content (AvgIpc) is 3.30. The van der Waals surface area contributed by atoms with Crippen LogP contribution in [0.25, 0.3) is 11.4 Å². The number of benzene rings is 1. The molecule has 2 N–H and O–H groups in total. The van der Waals surface area contributed by atoms with Gasteiger partial charge in [0, 0.05) is 23.4 Å². The Balaban J connectivity index is 1.67. The zero-order chi connectivity index (χ0) is 18.5. The molecule has 26 heavy (non-hydrogen) atoms. The number of nitrogens with one attached hydrogen (secondary N) is 2. The van der Waals surface area contributed by atoms with Gasteiger partial charge in [-0.25, -0.2) is 0 Å². The highest BCUT2D eigenvalue weighted by atomic mass is 32.1. The van der Waals surface area contributed by atoms with Crippen molar-refractivity contribution in [3.8, 4) is 17.1 Å². The second kappa shape index (κ2) is 8.29. The highest BCUT2D eigenvalue weighted by molar-refractivity contribution is 7.71. The van der Waals surface area contributed by atoms with Gasteiger partial charge in [-0.2, -0.15) is 5.10 Å². The Morgan fingerprint density at radius 2 is 2.15 bits per heavy atom. The standard InChI is InChI=1S/C18H20N4O2S2/c1-12(15-4-3-11-26-15)19-16(23)9-10-22-17(20-21-18(22)25)13-5-7-14(24-2)8-6-13/h3-8,11-12H,9-10H2,1-2H3,(H,19,23)(H,21,25)/t12-/m1/s1. The molecule has 0 aliphatic rings. The number of rotatable bonds is 7. The van der Waals surface area contributed by atoms with Gasteiger partial charge in [0.15, 0.2) is 10.6 Å². The normalized spacial score (nSPS) is 11.9. The van der Waals surface area contributed by atoms with Crippen LogP contribution in [0.5, 0.6) is 5.75 Å². The van der Waals surface area contributed by atoms with E-state index in [1.807, 2.05) is 53.3 Å². The van der Waals surface area contributed by atoms with Gasteiger partial charge in [-0.05, 0) is 54.9 Å². The fourth-order valence-corrected chi connectivity index (χ4v) is 3.58. The van der Waals surface area contributed by atoms with Crippen LogP contribution in [0.15, 0.2) is 41.8 Å². The number of carbonyl (C=O) groups excluding carboxylic acids is 1. The van der Waals surface area contributed by atoms with Crippen LogP contribution in [0.2, 0.25) is 0 Å². The van der Waals surface area contributed by atoms with Crippen molar-refractivity contribution in [1.82, 2.24) is 20.1 Å². The van der Waals surface area contributed by atoms with Crippen LogP contribution in [0.1, 0.15) is 24.3 Å². The average molecular weight is 389 g/mol. The number of aromatic amines is 1. The molecule has 0 fully saturated rings. The van der Waals surface area contributed by atoms with E-state index in [2.05, 4.69) is 15.5 Å². The lowest BCUT2D eigenvalue weighted by Gasteiger charge is -2.13. The van der Waals surface area contributed by atoms with Gasteiger partial charge in [0.2, 0.25) is 5.91 Å². The molecule has 0 aliphatic heterocycles. The number of ether oxygens (including phenoxy) is 1. The molecule has 0 saturated carbocycles. The molecule has 1 amide bonds. The molecule has 0 aliphatic carbocycles. The number of hydrogen-bond donors (Lipinski definition) is 2. The third-order valence-electron chi connectivity index (χ3n) is 4.02. The molecule has 2 aromatic heterocycles. The minimum atomic E-state index is -0.0188. The van der Waals surface area contributed by atoms with Crippen LogP contribution in [0, 0.1) is 4.77 Å². The summed E-state index contributed by atoms with van der Waals surface area (Å²) in [6.45, 7) is 2.44. The summed E-state index contributed by atoms with van der Waals surface area (Å²) in [5, 5.41) is 12.1. The van der Waals surface area contributed by atoms with Gasteiger partial charge >= 0.3 is 0 Å². The number of hydrogen-bond acceptors (Lipinski definition) is 5. The maximum absolute atomic E-state index is 12.3. The quantitative estimate of drug-likeness (QED) is 0.601. The Bertz CT molecular complexity index is 914. The van der Waals surface area contributed by atoms with Crippen molar-refractivity contribution >= 4 is 29.5 Å². The van der Waals surface area contributed by atoms with Crippen molar-refractivity contribution in [2.24, 2.45) is 0 Å². The molecule has 8 heteroatoms. The molecule has 1 atom stereocenters. The first-order valence-electron chi connectivity index (χ1n) is 8.21. The van der Waals surface area contributed by atoms with Crippen LogP contribution in [-0.2, 0) is 11.3 Å². The summed E-state index contributed by atoms with van der Waals surface area (Å²) in [6.07, 6.45) is 0.326. The van der Waals surface area contributed by atoms with Gasteiger partial charge in [0.05, 0.1) is 13.2 Å². The number of amides is 1. The molecule has 3 rings (SSSR count). The highest BCUT2D eigenvalue weighted by Gasteiger charge is 2.13. The third kappa shape index (κ3) is 4.20. The Morgan fingerprint density at radius 1 is 1.38 bits per heavy atom. The summed E-state index contributed by atoms with van der Waals surface area (Å²) in [7, 11) is 1.63. The Hall–Kier alpha value is -2.45. The van der Waals surface area contributed by atoms with Crippen molar-refractivity contribution < 1.29 is 9.53 Å². The van der Waals surface area contributed by atoms with Crippen LogP contribution in [0.3, 0.4) is 0 Å². The molecular weight excluding hydrogens is 368 g/mol. The van der Waals surface area contributed by atoms with Crippen LogP contribution in [-0.4, -0.2) is 27.8 Å². The number of thiophene rings is 1. The van der Waals surface area contributed by atoms with E-state index in [0.717, 1.165) is 16.2 Å². The number of carbonyl (C=O) groups is 1. The van der Waals surface area contributed by atoms with Gasteiger partial charge in [-0.15, -0.1) is 11.3 Å². The summed E-state index contributed by atoms with van der Waals surface area (Å²) < 4.78 is 7.51. The van der Waals surface area contributed by atoms with E-state index in [1.54, 1.807) is 18.4 Å². The van der Waals surface area contributed by atoms with Crippen molar-refractivity contribution in [1.29, 1.82) is 0 Å². The summed E-state index contributed by atoms with van der Waals surface area (Å²) in [5.41, 5.74) is 0.908. The van der Waals surface area contributed by atoms with E-state index in [4.69, 9.17) is 17.0 Å². The Labute approximate surface area is 160 Å². The lowest BCUT2D eigenvalue weighted by molar-refractivity contribution is -0.121. The molecule has 0 radical (unpaired) electrons. The van der Waals surface area contributed by atoms with Gasteiger partial charge in [0.25, 0.3) is 0 Å². The number of methoxy groups -OCH3 is 1. The third-order valence-corrected chi connectivity index (χ3v) is 5.38. The van der Waals surface area contributed by atoms with E-state index in [-0.39, 0.29) is 11.9 Å². The Kier molecular flexibility index (Phi) is 5.85. The van der Waals surface area contributed by atoms with E-state index in [9.17, 15) is 4.79 Å². The molecular formula is C18H20N4O2S2. The zero-order valence-corrected chi connectivity index (χ0v) is 16.2. The summed E-state index contributed by atoms with van der Waals surface area (Å²) in [6, 6.07) is 11.6. The first-order valence-corrected chi connectivity index (χ1v) is 9.49.